The average Bonchev–Trinajstić information content (AvgIpc) is 2.58. The third-order valence-corrected chi connectivity index (χ3v) is 3.31. The minimum absolute atomic E-state index is 0.446. The first kappa shape index (κ1) is 14.7. The number of nitrogens with one attached hydrogen (secondary N) is 2. The van der Waals surface area contributed by atoms with Gasteiger partial charge in [0.1, 0.15) is 17.8 Å². The number of anilines is 4. The van der Waals surface area contributed by atoms with E-state index in [0.717, 1.165) is 16.9 Å². The molecular weight excluding hydrogens is 290 g/mol. The number of nitrogens with zero attached hydrogens (tertiary/aromatic N) is 4. The Morgan fingerprint density at radius 1 is 1.00 bits per heavy atom. The van der Waals surface area contributed by atoms with Crippen molar-refractivity contribution in [3.8, 4) is 0 Å². The first-order chi connectivity index (χ1) is 11.2. The van der Waals surface area contributed by atoms with Crippen LogP contribution in [0.4, 0.5) is 23.1 Å². The molecule has 3 rings (SSSR count). The van der Waals surface area contributed by atoms with Crippen LogP contribution in [0.2, 0.25) is 0 Å². The Kier molecular flexibility index (Phi) is 4.28. The van der Waals surface area contributed by atoms with Crippen molar-refractivity contribution in [2.45, 2.75) is 13.5 Å². The monoisotopic (exact) mass is 307 g/mol. The van der Waals surface area contributed by atoms with Crippen molar-refractivity contribution >= 4 is 23.1 Å². The summed E-state index contributed by atoms with van der Waals surface area (Å²) in [4.78, 5) is 16.7. The van der Waals surface area contributed by atoms with Crippen LogP contribution in [0.3, 0.4) is 0 Å². The summed E-state index contributed by atoms with van der Waals surface area (Å²) in [5.41, 5.74) is 8.65. The maximum absolute atomic E-state index is 6.15. The third-order valence-electron chi connectivity index (χ3n) is 3.31. The van der Waals surface area contributed by atoms with Crippen molar-refractivity contribution in [2.75, 3.05) is 16.4 Å². The van der Waals surface area contributed by atoms with Crippen LogP contribution in [0.5, 0.6) is 0 Å². The van der Waals surface area contributed by atoms with E-state index in [1.165, 1.54) is 6.33 Å². The molecule has 0 aliphatic rings. The molecule has 4 N–H and O–H groups in total. The number of rotatable bonds is 5. The Hall–Kier alpha value is -3.22. The molecule has 0 bridgehead atoms. The van der Waals surface area contributed by atoms with Gasteiger partial charge >= 0.3 is 0 Å². The van der Waals surface area contributed by atoms with E-state index in [1.54, 1.807) is 18.6 Å². The fourth-order valence-electron chi connectivity index (χ4n) is 2.05. The van der Waals surface area contributed by atoms with Crippen molar-refractivity contribution in [3.63, 3.8) is 0 Å². The van der Waals surface area contributed by atoms with Gasteiger partial charge in [-0.25, -0.2) is 15.0 Å². The minimum atomic E-state index is 0.446. The standard InChI is InChI=1S/C16H17N7/c1-11-4-2-7-19-14(11)23-16-13(17)15(21-10-22-16)20-9-12-5-3-6-18-8-12/h2-8,10H,9,17H2,1H3,(H2,19,20,21,22,23). The van der Waals surface area contributed by atoms with Gasteiger partial charge in [-0.15, -0.1) is 0 Å². The molecule has 7 heteroatoms. The molecule has 0 spiro atoms. The lowest BCUT2D eigenvalue weighted by atomic mass is 10.3. The molecule has 23 heavy (non-hydrogen) atoms. The third kappa shape index (κ3) is 3.52. The maximum Gasteiger partial charge on any atom is 0.160 e. The van der Waals surface area contributed by atoms with Gasteiger partial charge < -0.3 is 16.4 Å². The van der Waals surface area contributed by atoms with Crippen LogP contribution in [0, 0.1) is 6.92 Å². The van der Waals surface area contributed by atoms with Crippen LogP contribution in [0.15, 0.2) is 49.2 Å². The molecule has 0 fully saturated rings. The molecule has 0 saturated heterocycles. The van der Waals surface area contributed by atoms with Gasteiger partial charge in [0.15, 0.2) is 11.6 Å². The van der Waals surface area contributed by atoms with Crippen molar-refractivity contribution in [2.24, 2.45) is 0 Å². The maximum atomic E-state index is 6.15. The molecular formula is C16H17N7. The smallest absolute Gasteiger partial charge is 0.160 e. The van der Waals surface area contributed by atoms with E-state index in [4.69, 9.17) is 5.73 Å². The first-order valence-electron chi connectivity index (χ1n) is 7.16. The van der Waals surface area contributed by atoms with Gasteiger partial charge in [0.05, 0.1) is 0 Å². The van der Waals surface area contributed by atoms with Crippen LogP contribution in [0.1, 0.15) is 11.1 Å². The second-order valence-electron chi connectivity index (χ2n) is 4.99. The number of aromatic nitrogens is 4. The highest BCUT2D eigenvalue weighted by atomic mass is 15.1. The van der Waals surface area contributed by atoms with Crippen molar-refractivity contribution in [1.82, 2.24) is 19.9 Å². The first-order valence-corrected chi connectivity index (χ1v) is 7.16. The molecule has 0 radical (unpaired) electrons. The number of nitrogen functional groups attached to an aromatic ring is 1. The normalized spacial score (nSPS) is 10.3. The predicted molar refractivity (Wildman–Crippen MR) is 90.3 cm³/mol. The molecule has 0 saturated carbocycles. The molecule has 3 heterocycles. The predicted octanol–water partition coefficient (Wildman–Crippen LogP) is 2.51. The molecule has 3 aromatic heterocycles. The highest BCUT2D eigenvalue weighted by molar-refractivity contribution is 5.77. The van der Waals surface area contributed by atoms with Gasteiger partial charge in [0.2, 0.25) is 0 Å². The second-order valence-corrected chi connectivity index (χ2v) is 4.99. The summed E-state index contributed by atoms with van der Waals surface area (Å²) in [5, 5.41) is 6.33. The fraction of sp³-hybridized carbons (Fsp3) is 0.125. The van der Waals surface area contributed by atoms with Crippen LogP contribution in [-0.2, 0) is 6.54 Å². The quantitative estimate of drug-likeness (QED) is 0.665. The number of aryl methyl sites for hydroxylation is 1. The van der Waals surface area contributed by atoms with E-state index in [-0.39, 0.29) is 0 Å². The summed E-state index contributed by atoms with van der Waals surface area (Å²) in [6.07, 6.45) is 6.71. The summed E-state index contributed by atoms with van der Waals surface area (Å²) in [6.45, 7) is 2.55. The van der Waals surface area contributed by atoms with Crippen molar-refractivity contribution in [1.29, 1.82) is 0 Å². The van der Waals surface area contributed by atoms with Gasteiger partial charge in [-0.05, 0) is 30.2 Å². The van der Waals surface area contributed by atoms with E-state index in [1.807, 2.05) is 31.2 Å². The van der Waals surface area contributed by atoms with E-state index in [0.29, 0.717) is 23.9 Å². The summed E-state index contributed by atoms with van der Waals surface area (Å²) in [6, 6.07) is 7.71. The Morgan fingerprint density at radius 3 is 2.61 bits per heavy atom. The summed E-state index contributed by atoms with van der Waals surface area (Å²) in [5.74, 6) is 1.81. The highest BCUT2D eigenvalue weighted by Crippen LogP contribution is 2.26. The summed E-state index contributed by atoms with van der Waals surface area (Å²) < 4.78 is 0. The highest BCUT2D eigenvalue weighted by Gasteiger charge is 2.09. The molecule has 0 aliphatic carbocycles. The lowest BCUT2D eigenvalue weighted by Crippen LogP contribution is -2.09. The number of nitrogens with two attached hydrogens (primary N) is 1. The van der Waals surface area contributed by atoms with Crippen LogP contribution >= 0.6 is 0 Å². The molecule has 0 amide bonds. The molecule has 3 aromatic rings. The van der Waals surface area contributed by atoms with Gasteiger partial charge in [0, 0.05) is 25.1 Å². The van der Waals surface area contributed by atoms with E-state index in [2.05, 4.69) is 30.6 Å². The van der Waals surface area contributed by atoms with E-state index < -0.39 is 0 Å². The fourth-order valence-corrected chi connectivity index (χ4v) is 2.05. The Morgan fingerprint density at radius 2 is 1.83 bits per heavy atom. The second kappa shape index (κ2) is 6.69. The van der Waals surface area contributed by atoms with Gasteiger partial charge in [0.25, 0.3) is 0 Å². The molecule has 0 aliphatic heterocycles. The largest absolute Gasteiger partial charge is 0.393 e. The number of hydrogen-bond donors (Lipinski definition) is 3. The Bertz CT molecular complexity index is 789. The Balaban J connectivity index is 1.77. The summed E-state index contributed by atoms with van der Waals surface area (Å²) in [7, 11) is 0. The minimum Gasteiger partial charge on any atom is -0.393 e. The van der Waals surface area contributed by atoms with Crippen LogP contribution < -0.4 is 16.4 Å². The molecule has 0 aromatic carbocycles. The van der Waals surface area contributed by atoms with Crippen LogP contribution in [-0.4, -0.2) is 19.9 Å². The lowest BCUT2D eigenvalue weighted by Gasteiger charge is -2.13. The molecule has 0 unspecified atom stereocenters. The zero-order valence-electron chi connectivity index (χ0n) is 12.7. The zero-order valence-corrected chi connectivity index (χ0v) is 12.7. The lowest BCUT2D eigenvalue weighted by molar-refractivity contribution is 1.07. The topological polar surface area (TPSA) is 102 Å². The van der Waals surface area contributed by atoms with Gasteiger partial charge in [-0.1, -0.05) is 12.1 Å². The SMILES string of the molecule is Cc1cccnc1Nc1ncnc(NCc2cccnc2)c1N. The number of hydrogen-bond acceptors (Lipinski definition) is 7. The molecule has 116 valence electrons. The Labute approximate surface area is 134 Å². The summed E-state index contributed by atoms with van der Waals surface area (Å²) >= 11 is 0. The van der Waals surface area contributed by atoms with Crippen LogP contribution in [0.25, 0.3) is 0 Å². The van der Waals surface area contributed by atoms with Crippen molar-refractivity contribution in [3.05, 3.63) is 60.3 Å². The van der Waals surface area contributed by atoms with Crippen molar-refractivity contribution < 1.29 is 0 Å². The van der Waals surface area contributed by atoms with Gasteiger partial charge in [-0.3, -0.25) is 4.98 Å². The van der Waals surface area contributed by atoms with E-state index >= 15 is 0 Å². The zero-order chi connectivity index (χ0) is 16.1. The molecule has 0 atom stereocenters. The number of pyridine rings is 2. The average molecular weight is 307 g/mol. The van der Waals surface area contributed by atoms with E-state index in [9.17, 15) is 0 Å². The molecule has 7 nitrogen and oxygen atoms in total. The van der Waals surface area contributed by atoms with Gasteiger partial charge in [-0.2, -0.15) is 0 Å².